The van der Waals surface area contributed by atoms with E-state index in [4.69, 9.17) is 5.73 Å². The number of aryl methyl sites for hydroxylation is 2. The molecule has 0 amide bonds. The Morgan fingerprint density at radius 1 is 1.50 bits per heavy atom. The molecule has 1 aromatic heterocycles. The van der Waals surface area contributed by atoms with Gasteiger partial charge in [0.2, 0.25) is 0 Å². The lowest BCUT2D eigenvalue weighted by Gasteiger charge is -2.31. The van der Waals surface area contributed by atoms with Gasteiger partial charge < -0.3 is 10.6 Å². The van der Waals surface area contributed by atoms with Crippen LogP contribution in [0.1, 0.15) is 34.3 Å². The first-order chi connectivity index (χ1) is 7.70. The molecule has 2 heterocycles. The lowest BCUT2D eigenvalue weighted by Crippen LogP contribution is -2.37. The third kappa shape index (κ3) is 2.62. The number of hydrogen-bond donors (Lipinski definition) is 1. The average molecular weight is 239 g/mol. The molecule has 1 aromatic rings. The van der Waals surface area contributed by atoms with E-state index < -0.39 is 0 Å². The summed E-state index contributed by atoms with van der Waals surface area (Å²) in [6.07, 6.45) is 2.57. The van der Waals surface area contributed by atoms with E-state index >= 15 is 0 Å². The standard InChI is InChI=1S/C12H21N3S/c1-9-10(2)16-12(14-9)11-4-3-6-15(8-11)7-5-13/h11H,3-8,13H2,1-2H3. The molecule has 0 saturated carbocycles. The van der Waals surface area contributed by atoms with E-state index in [1.54, 1.807) is 0 Å². The van der Waals surface area contributed by atoms with Crippen LogP contribution in [0.3, 0.4) is 0 Å². The van der Waals surface area contributed by atoms with Crippen LogP contribution in [0.15, 0.2) is 0 Å². The molecule has 0 aliphatic carbocycles. The molecule has 1 aliphatic heterocycles. The quantitative estimate of drug-likeness (QED) is 0.876. The monoisotopic (exact) mass is 239 g/mol. The summed E-state index contributed by atoms with van der Waals surface area (Å²) in [5.41, 5.74) is 6.82. The van der Waals surface area contributed by atoms with Crippen LogP contribution < -0.4 is 5.73 Å². The molecular formula is C12H21N3S. The summed E-state index contributed by atoms with van der Waals surface area (Å²) in [6, 6.07) is 0. The van der Waals surface area contributed by atoms with E-state index in [9.17, 15) is 0 Å². The van der Waals surface area contributed by atoms with Crippen LogP contribution >= 0.6 is 11.3 Å². The van der Waals surface area contributed by atoms with Crippen molar-refractivity contribution < 1.29 is 0 Å². The van der Waals surface area contributed by atoms with Gasteiger partial charge >= 0.3 is 0 Å². The fraction of sp³-hybridized carbons (Fsp3) is 0.750. The molecule has 1 saturated heterocycles. The van der Waals surface area contributed by atoms with Crippen LogP contribution in [0.5, 0.6) is 0 Å². The Kier molecular flexibility index (Phi) is 3.95. The van der Waals surface area contributed by atoms with Gasteiger partial charge in [-0.05, 0) is 33.2 Å². The van der Waals surface area contributed by atoms with E-state index in [1.165, 1.54) is 35.0 Å². The Morgan fingerprint density at radius 3 is 2.94 bits per heavy atom. The van der Waals surface area contributed by atoms with Gasteiger partial charge in [0.1, 0.15) is 0 Å². The minimum Gasteiger partial charge on any atom is -0.329 e. The second kappa shape index (κ2) is 5.25. The number of aromatic nitrogens is 1. The minimum absolute atomic E-state index is 0.637. The SMILES string of the molecule is Cc1nc(C2CCCN(CCN)C2)sc1C. The number of hydrogen-bond acceptors (Lipinski definition) is 4. The number of nitrogens with two attached hydrogens (primary N) is 1. The Bertz CT molecular complexity index is 327. The molecule has 3 nitrogen and oxygen atoms in total. The molecule has 0 bridgehead atoms. The molecule has 1 atom stereocenters. The van der Waals surface area contributed by atoms with Crippen molar-refractivity contribution in [2.45, 2.75) is 32.6 Å². The molecule has 0 radical (unpaired) electrons. The van der Waals surface area contributed by atoms with E-state index in [0.29, 0.717) is 5.92 Å². The normalized spacial score (nSPS) is 22.6. The summed E-state index contributed by atoms with van der Waals surface area (Å²) in [6.45, 7) is 8.41. The van der Waals surface area contributed by atoms with Crippen LogP contribution in [0.2, 0.25) is 0 Å². The van der Waals surface area contributed by atoms with Crippen LogP contribution in [0, 0.1) is 13.8 Å². The second-order valence-electron chi connectivity index (χ2n) is 4.62. The maximum atomic E-state index is 5.62. The van der Waals surface area contributed by atoms with E-state index in [-0.39, 0.29) is 0 Å². The second-order valence-corrected chi connectivity index (χ2v) is 5.86. The van der Waals surface area contributed by atoms with Gasteiger partial charge in [-0.3, -0.25) is 0 Å². The zero-order valence-corrected chi connectivity index (χ0v) is 11.0. The van der Waals surface area contributed by atoms with Crippen LogP contribution in [-0.2, 0) is 0 Å². The molecule has 0 aromatic carbocycles. The van der Waals surface area contributed by atoms with Gasteiger partial charge in [0.15, 0.2) is 0 Å². The van der Waals surface area contributed by atoms with Crippen molar-refractivity contribution in [1.82, 2.24) is 9.88 Å². The summed E-state index contributed by atoms with van der Waals surface area (Å²) in [5, 5.41) is 1.33. The highest BCUT2D eigenvalue weighted by Crippen LogP contribution is 2.30. The van der Waals surface area contributed by atoms with E-state index in [2.05, 4.69) is 23.7 Å². The number of likely N-dealkylation sites (tertiary alicyclic amines) is 1. The van der Waals surface area contributed by atoms with Gasteiger partial charge in [-0.25, -0.2) is 4.98 Å². The molecule has 90 valence electrons. The van der Waals surface area contributed by atoms with Crippen molar-refractivity contribution in [1.29, 1.82) is 0 Å². The van der Waals surface area contributed by atoms with Gasteiger partial charge in [0, 0.05) is 30.4 Å². The van der Waals surface area contributed by atoms with Gasteiger partial charge in [-0.2, -0.15) is 0 Å². The van der Waals surface area contributed by atoms with Crippen LogP contribution in [0.4, 0.5) is 0 Å². The van der Waals surface area contributed by atoms with E-state index in [1.807, 2.05) is 11.3 Å². The van der Waals surface area contributed by atoms with Crippen molar-refractivity contribution in [2.24, 2.45) is 5.73 Å². The Labute approximate surface area is 102 Å². The number of thiazole rings is 1. The third-order valence-electron chi connectivity index (χ3n) is 3.35. The third-order valence-corrected chi connectivity index (χ3v) is 4.58. The predicted octanol–water partition coefficient (Wildman–Crippen LogP) is 1.90. The first-order valence-electron chi connectivity index (χ1n) is 6.07. The van der Waals surface area contributed by atoms with Crippen molar-refractivity contribution in [3.8, 4) is 0 Å². The van der Waals surface area contributed by atoms with Crippen molar-refractivity contribution in [2.75, 3.05) is 26.2 Å². The Morgan fingerprint density at radius 2 is 2.31 bits per heavy atom. The highest BCUT2D eigenvalue weighted by Gasteiger charge is 2.23. The molecule has 0 spiro atoms. The van der Waals surface area contributed by atoms with Crippen molar-refractivity contribution in [3.63, 3.8) is 0 Å². The van der Waals surface area contributed by atoms with Crippen molar-refractivity contribution in [3.05, 3.63) is 15.6 Å². The molecule has 1 fully saturated rings. The van der Waals surface area contributed by atoms with Gasteiger partial charge in [0.25, 0.3) is 0 Å². The highest BCUT2D eigenvalue weighted by atomic mass is 32.1. The van der Waals surface area contributed by atoms with Gasteiger partial charge in [0.05, 0.1) is 10.7 Å². The molecular weight excluding hydrogens is 218 g/mol. The summed E-state index contributed by atoms with van der Waals surface area (Å²) in [5.74, 6) is 0.637. The highest BCUT2D eigenvalue weighted by molar-refractivity contribution is 7.11. The maximum Gasteiger partial charge on any atom is 0.0974 e. The predicted molar refractivity (Wildman–Crippen MR) is 69.1 cm³/mol. The smallest absolute Gasteiger partial charge is 0.0974 e. The molecule has 2 rings (SSSR count). The fourth-order valence-corrected chi connectivity index (χ4v) is 3.36. The molecule has 2 N–H and O–H groups in total. The molecule has 1 aliphatic rings. The number of rotatable bonds is 3. The zero-order valence-electron chi connectivity index (χ0n) is 10.2. The van der Waals surface area contributed by atoms with Gasteiger partial charge in [-0.15, -0.1) is 11.3 Å². The summed E-state index contributed by atoms with van der Waals surface area (Å²) in [7, 11) is 0. The Hall–Kier alpha value is -0.450. The average Bonchev–Trinajstić information content (AvgIpc) is 2.60. The minimum atomic E-state index is 0.637. The van der Waals surface area contributed by atoms with Crippen LogP contribution in [0.25, 0.3) is 0 Å². The first kappa shape index (κ1) is 12.0. The Balaban J connectivity index is 2.03. The first-order valence-corrected chi connectivity index (χ1v) is 6.88. The van der Waals surface area contributed by atoms with Crippen LogP contribution in [-0.4, -0.2) is 36.1 Å². The summed E-state index contributed by atoms with van der Waals surface area (Å²) in [4.78, 5) is 8.53. The van der Waals surface area contributed by atoms with Gasteiger partial charge in [-0.1, -0.05) is 0 Å². The maximum absolute atomic E-state index is 5.62. The largest absolute Gasteiger partial charge is 0.329 e. The molecule has 1 unspecified atom stereocenters. The fourth-order valence-electron chi connectivity index (χ4n) is 2.31. The lowest BCUT2D eigenvalue weighted by atomic mass is 9.99. The lowest BCUT2D eigenvalue weighted by molar-refractivity contribution is 0.213. The topological polar surface area (TPSA) is 42.2 Å². The number of nitrogens with zero attached hydrogens (tertiary/aromatic N) is 2. The number of piperidine rings is 1. The summed E-state index contributed by atoms with van der Waals surface area (Å²) < 4.78 is 0. The summed E-state index contributed by atoms with van der Waals surface area (Å²) >= 11 is 1.87. The molecule has 16 heavy (non-hydrogen) atoms. The zero-order chi connectivity index (χ0) is 11.5. The van der Waals surface area contributed by atoms with E-state index in [0.717, 1.165) is 19.6 Å². The van der Waals surface area contributed by atoms with Crippen molar-refractivity contribution >= 4 is 11.3 Å². The molecule has 4 heteroatoms.